The second-order valence-corrected chi connectivity index (χ2v) is 4.81. The predicted octanol–water partition coefficient (Wildman–Crippen LogP) is 2.41. The van der Waals surface area contributed by atoms with Gasteiger partial charge in [-0.05, 0) is 49.9 Å². The number of rotatable bonds is 2. The van der Waals surface area contributed by atoms with Crippen molar-refractivity contribution in [3.05, 3.63) is 35.5 Å². The highest BCUT2D eigenvalue weighted by atomic mass is 32.2. The van der Waals surface area contributed by atoms with Crippen molar-refractivity contribution in [2.75, 3.05) is 11.5 Å². The quantitative estimate of drug-likeness (QED) is 0.628. The molecule has 17 heavy (non-hydrogen) atoms. The molecule has 0 amide bonds. The average molecular weight is 246 g/mol. The highest BCUT2D eigenvalue weighted by molar-refractivity contribution is 7.99. The van der Waals surface area contributed by atoms with Crippen LogP contribution in [0.2, 0.25) is 0 Å². The fourth-order valence-electron chi connectivity index (χ4n) is 1.31. The number of aryl methyl sites for hydroxylation is 1. The number of aromatic nitrogens is 2. The van der Waals surface area contributed by atoms with Crippen molar-refractivity contribution < 1.29 is 0 Å². The maximum absolute atomic E-state index is 5.81. The molecule has 0 aliphatic carbocycles. The first kappa shape index (κ1) is 11.7. The van der Waals surface area contributed by atoms with Gasteiger partial charge in [0.25, 0.3) is 0 Å². The third-order valence-electron chi connectivity index (χ3n) is 2.50. The number of nitrogen functional groups attached to an aromatic ring is 2. The Balaban J connectivity index is 2.27. The van der Waals surface area contributed by atoms with Gasteiger partial charge in [0.1, 0.15) is 5.82 Å². The molecule has 1 aromatic carbocycles. The lowest BCUT2D eigenvalue weighted by Gasteiger charge is -2.06. The van der Waals surface area contributed by atoms with E-state index in [1.165, 1.54) is 11.8 Å². The normalized spacial score (nSPS) is 10.5. The van der Waals surface area contributed by atoms with Gasteiger partial charge in [0.05, 0.1) is 0 Å². The molecule has 4 nitrogen and oxygen atoms in total. The summed E-state index contributed by atoms with van der Waals surface area (Å²) in [5.74, 6) is 0.537. The monoisotopic (exact) mass is 246 g/mol. The van der Waals surface area contributed by atoms with Crippen LogP contribution in [0.25, 0.3) is 0 Å². The van der Waals surface area contributed by atoms with Crippen LogP contribution < -0.4 is 11.5 Å². The van der Waals surface area contributed by atoms with E-state index in [1.807, 2.05) is 38.1 Å². The molecule has 0 spiro atoms. The molecule has 2 aromatic rings. The van der Waals surface area contributed by atoms with Crippen LogP contribution in [0.4, 0.5) is 11.5 Å². The lowest BCUT2D eigenvalue weighted by atomic mass is 10.2. The van der Waals surface area contributed by atoms with Crippen LogP contribution in [0.15, 0.2) is 34.3 Å². The van der Waals surface area contributed by atoms with E-state index in [9.17, 15) is 0 Å². The molecular formula is C12H14N4S. The maximum atomic E-state index is 5.81. The Hall–Kier alpha value is -1.75. The molecule has 0 bridgehead atoms. The summed E-state index contributed by atoms with van der Waals surface area (Å²) in [7, 11) is 0. The molecule has 0 aliphatic rings. The van der Waals surface area contributed by atoms with Crippen molar-refractivity contribution in [1.82, 2.24) is 9.97 Å². The maximum Gasteiger partial charge on any atom is 0.194 e. The summed E-state index contributed by atoms with van der Waals surface area (Å²) in [4.78, 5) is 9.68. The van der Waals surface area contributed by atoms with Gasteiger partial charge >= 0.3 is 0 Å². The summed E-state index contributed by atoms with van der Waals surface area (Å²) < 4.78 is 0. The van der Waals surface area contributed by atoms with Gasteiger partial charge in [-0.2, -0.15) is 0 Å². The highest BCUT2D eigenvalue weighted by Gasteiger charge is 2.06. The molecule has 88 valence electrons. The summed E-state index contributed by atoms with van der Waals surface area (Å²) in [6, 6.07) is 7.59. The van der Waals surface area contributed by atoms with Crippen LogP contribution in [0.5, 0.6) is 0 Å². The lowest BCUT2D eigenvalue weighted by Crippen LogP contribution is -2.01. The fraction of sp³-hybridized carbons (Fsp3) is 0.167. The predicted molar refractivity (Wildman–Crippen MR) is 70.9 cm³/mol. The SMILES string of the molecule is Cc1nc(Sc2ccc(N)cc2)nc(N)c1C. The second-order valence-electron chi connectivity index (χ2n) is 3.77. The van der Waals surface area contributed by atoms with Crippen LogP contribution in [-0.2, 0) is 0 Å². The van der Waals surface area contributed by atoms with Crippen LogP contribution in [0.3, 0.4) is 0 Å². The first-order chi connectivity index (χ1) is 8.06. The van der Waals surface area contributed by atoms with Gasteiger partial charge in [-0.25, -0.2) is 9.97 Å². The lowest BCUT2D eigenvalue weighted by molar-refractivity contribution is 0.922. The largest absolute Gasteiger partial charge is 0.399 e. The topological polar surface area (TPSA) is 77.8 Å². The Morgan fingerprint density at radius 2 is 1.65 bits per heavy atom. The van der Waals surface area contributed by atoms with Gasteiger partial charge in [0.15, 0.2) is 5.16 Å². The molecule has 0 saturated carbocycles. The van der Waals surface area contributed by atoms with Gasteiger partial charge in [-0.3, -0.25) is 0 Å². The van der Waals surface area contributed by atoms with Crippen molar-refractivity contribution >= 4 is 23.3 Å². The molecule has 0 atom stereocenters. The zero-order chi connectivity index (χ0) is 12.4. The van der Waals surface area contributed by atoms with E-state index in [4.69, 9.17) is 11.5 Å². The summed E-state index contributed by atoms with van der Waals surface area (Å²) in [6.07, 6.45) is 0. The highest BCUT2D eigenvalue weighted by Crippen LogP contribution is 2.27. The number of nitrogens with zero attached hydrogens (tertiary/aromatic N) is 2. The number of benzene rings is 1. The standard InChI is InChI=1S/C12H14N4S/c1-7-8(2)15-12(16-11(7)14)17-10-5-3-9(13)4-6-10/h3-6H,13H2,1-2H3,(H2,14,15,16). The van der Waals surface area contributed by atoms with E-state index < -0.39 is 0 Å². The zero-order valence-electron chi connectivity index (χ0n) is 9.77. The van der Waals surface area contributed by atoms with Crippen molar-refractivity contribution in [2.45, 2.75) is 23.9 Å². The van der Waals surface area contributed by atoms with Crippen molar-refractivity contribution in [3.8, 4) is 0 Å². The minimum Gasteiger partial charge on any atom is -0.399 e. The molecule has 2 rings (SSSR count). The van der Waals surface area contributed by atoms with Gasteiger partial charge in [-0.1, -0.05) is 0 Å². The van der Waals surface area contributed by atoms with E-state index in [1.54, 1.807) is 0 Å². The van der Waals surface area contributed by atoms with Gasteiger partial charge in [0, 0.05) is 21.8 Å². The summed E-state index contributed by atoms with van der Waals surface area (Å²) in [6.45, 7) is 3.85. The van der Waals surface area contributed by atoms with Gasteiger partial charge in [0.2, 0.25) is 0 Å². The molecule has 5 heteroatoms. The Labute approximate surface area is 104 Å². The average Bonchev–Trinajstić information content (AvgIpc) is 2.29. The first-order valence-corrected chi connectivity index (χ1v) is 6.02. The van der Waals surface area contributed by atoms with E-state index in [0.29, 0.717) is 11.0 Å². The number of nitrogens with two attached hydrogens (primary N) is 2. The Morgan fingerprint density at radius 1 is 1.00 bits per heavy atom. The molecular weight excluding hydrogens is 232 g/mol. The molecule has 0 radical (unpaired) electrons. The van der Waals surface area contributed by atoms with Crippen molar-refractivity contribution in [1.29, 1.82) is 0 Å². The summed E-state index contributed by atoms with van der Waals surface area (Å²) in [5.41, 5.74) is 14.0. The van der Waals surface area contributed by atoms with Crippen LogP contribution >= 0.6 is 11.8 Å². The molecule has 4 N–H and O–H groups in total. The second kappa shape index (κ2) is 4.63. The molecule has 0 fully saturated rings. The first-order valence-electron chi connectivity index (χ1n) is 5.20. The number of hydrogen-bond acceptors (Lipinski definition) is 5. The van der Waals surface area contributed by atoms with Gasteiger partial charge < -0.3 is 11.5 Å². The van der Waals surface area contributed by atoms with E-state index in [2.05, 4.69) is 9.97 Å². The third-order valence-corrected chi connectivity index (χ3v) is 3.37. The van der Waals surface area contributed by atoms with E-state index >= 15 is 0 Å². The third kappa shape index (κ3) is 2.68. The van der Waals surface area contributed by atoms with Crippen LogP contribution in [0.1, 0.15) is 11.3 Å². The van der Waals surface area contributed by atoms with E-state index in [-0.39, 0.29) is 0 Å². The Bertz CT molecular complexity index is 514. The molecule has 1 heterocycles. The molecule has 0 unspecified atom stereocenters. The van der Waals surface area contributed by atoms with Crippen LogP contribution in [-0.4, -0.2) is 9.97 Å². The van der Waals surface area contributed by atoms with Gasteiger partial charge in [-0.15, -0.1) is 0 Å². The molecule has 0 saturated heterocycles. The van der Waals surface area contributed by atoms with Crippen molar-refractivity contribution in [2.24, 2.45) is 0 Å². The molecule has 1 aromatic heterocycles. The van der Waals surface area contributed by atoms with E-state index in [0.717, 1.165) is 21.8 Å². The zero-order valence-corrected chi connectivity index (χ0v) is 10.6. The summed E-state index contributed by atoms with van der Waals surface area (Å²) in [5, 5.41) is 0.662. The smallest absolute Gasteiger partial charge is 0.194 e. The Kier molecular flexibility index (Phi) is 3.19. The van der Waals surface area contributed by atoms with Crippen molar-refractivity contribution in [3.63, 3.8) is 0 Å². The fourth-order valence-corrected chi connectivity index (χ4v) is 2.12. The Morgan fingerprint density at radius 3 is 2.24 bits per heavy atom. The number of hydrogen-bond donors (Lipinski definition) is 2. The number of anilines is 2. The minimum atomic E-state index is 0.537. The minimum absolute atomic E-state index is 0.537. The summed E-state index contributed by atoms with van der Waals surface area (Å²) >= 11 is 1.48. The van der Waals surface area contributed by atoms with Crippen LogP contribution in [0, 0.1) is 13.8 Å². The molecule has 0 aliphatic heterocycles.